The van der Waals surface area contributed by atoms with Crippen LogP contribution in [0.25, 0.3) is 0 Å². The molecular weight excluding hydrogens is 326 g/mol. The van der Waals surface area contributed by atoms with Crippen LogP contribution in [0.3, 0.4) is 0 Å². The SMILES string of the molecule is CNC(=O)O[C@H]1CCC2C3C(CC[C@@]21C)[C@@]1(C)CCC(=O)C=C1C[C@@H]3C. The number of ketones is 1. The third kappa shape index (κ3) is 2.47. The van der Waals surface area contributed by atoms with Crippen LogP contribution in [0.4, 0.5) is 4.79 Å². The molecule has 0 heterocycles. The van der Waals surface area contributed by atoms with Gasteiger partial charge in [0.15, 0.2) is 5.78 Å². The second kappa shape index (κ2) is 6.10. The summed E-state index contributed by atoms with van der Waals surface area (Å²) < 4.78 is 5.79. The van der Waals surface area contributed by atoms with Crippen molar-refractivity contribution in [2.24, 2.45) is 34.5 Å². The predicted molar refractivity (Wildman–Crippen MR) is 101 cm³/mol. The number of ether oxygens (including phenoxy) is 1. The number of hydrogen-bond donors (Lipinski definition) is 1. The molecule has 4 rings (SSSR count). The van der Waals surface area contributed by atoms with E-state index in [1.54, 1.807) is 7.05 Å². The van der Waals surface area contributed by atoms with Crippen molar-refractivity contribution in [3.8, 4) is 0 Å². The van der Waals surface area contributed by atoms with Gasteiger partial charge in [-0.2, -0.15) is 0 Å². The van der Waals surface area contributed by atoms with Gasteiger partial charge in [-0.15, -0.1) is 0 Å². The van der Waals surface area contributed by atoms with Crippen molar-refractivity contribution in [1.29, 1.82) is 0 Å². The molecule has 0 aromatic carbocycles. The Labute approximate surface area is 157 Å². The lowest BCUT2D eigenvalue weighted by Gasteiger charge is -2.59. The quantitative estimate of drug-likeness (QED) is 0.750. The van der Waals surface area contributed by atoms with Gasteiger partial charge in [-0.1, -0.05) is 26.3 Å². The third-order valence-electron chi connectivity index (χ3n) is 8.68. The average molecular weight is 360 g/mol. The summed E-state index contributed by atoms with van der Waals surface area (Å²) in [4.78, 5) is 23.8. The maximum atomic E-state index is 12.0. The zero-order chi connectivity index (χ0) is 18.7. The van der Waals surface area contributed by atoms with E-state index < -0.39 is 0 Å². The number of rotatable bonds is 1. The molecular formula is C22H33NO3. The van der Waals surface area contributed by atoms with Gasteiger partial charge in [0.25, 0.3) is 0 Å². The van der Waals surface area contributed by atoms with Crippen molar-refractivity contribution in [3.05, 3.63) is 11.6 Å². The highest BCUT2D eigenvalue weighted by Crippen LogP contribution is 2.66. The lowest BCUT2D eigenvalue weighted by molar-refractivity contribution is -0.119. The van der Waals surface area contributed by atoms with Crippen LogP contribution in [-0.4, -0.2) is 25.0 Å². The molecule has 1 N–H and O–H groups in total. The number of carbonyl (C=O) groups is 2. The fourth-order valence-corrected chi connectivity index (χ4v) is 7.24. The van der Waals surface area contributed by atoms with E-state index in [0.717, 1.165) is 32.1 Å². The van der Waals surface area contributed by atoms with Crippen LogP contribution in [-0.2, 0) is 9.53 Å². The monoisotopic (exact) mass is 359 g/mol. The van der Waals surface area contributed by atoms with E-state index in [4.69, 9.17) is 4.74 Å². The van der Waals surface area contributed by atoms with Gasteiger partial charge >= 0.3 is 6.09 Å². The summed E-state index contributed by atoms with van der Waals surface area (Å²) in [6.07, 6.45) is 9.00. The van der Waals surface area contributed by atoms with E-state index in [0.29, 0.717) is 35.9 Å². The fourth-order valence-electron chi connectivity index (χ4n) is 7.24. The van der Waals surface area contributed by atoms with Crippen molar-refractivity contribution in [1.82, 2.24) is 5.32 Å². The van der Waals surface area contributed by atoms with Crippen molar-refractivity contribution >= 4 is 11.9 Å². The molecule has 144 valence electrons. The van der Waals surface area contributed by atoms with Gasteiger partial charge in [-0.05, 0) is 73.7 Å². The standard InChI is InChI=1S/C22H33NO3/c1-13-11-14-12-15(24)7-9-21(14,2)17-8-10-22(3)16(19(13)17)5-6-18(22)26-20(25)23-4/h12-13,16-19H,5-11H2,1-4H3,(H,23,25)/t13-,16?,17?,18-,19?,21-,22-/m0/s1. The molecule has 4 nitrogen and oxygen atoms in total. The Hall–Kier alpha value is -1.32. The van der Waals surface area contributed by atoms with E-state index in [2.05, 4.69) is 26.1 Å². The number of hydrogen-bond acceptors (Lipinski definition) is 3. The molecule has 1 amide bonds. The summed E-state index contributed by atoms with van der Waals surface area (Å²) in [6.45, 7) is 7.17. The van der Waals surface area contributed by atoms with Crippen molar-refractivity contribution in [3.63, 3.8) is 0 Å². The minimum absolute atomic E-state index is 0.0401. The molecule has 0 aliphatic heterocycles. The maximum absolute atomic E-state index is 12.0. The topological polar surface area (TPSA) is 55.4 Å². The highest BCUT2D eigenvalue weighted by Gasteiger charge is 2.61. The average Bonchev–Trinajstić information content (AvgIpc) is 2.93. The number of allylic oxidation sites excluding steroid dienone is 1. The second-order valence-corrected chi connectivity index (χ2v) is 9.79. The van der Waals surface area contributed by atoms with E-state index in [1.807, 2.05) is 6.08 Å². The van der Waals surface area contributed by atoms with Crippen LogP contribution >= 0.6 is 0 Å². The molecule has 7 atom stereocenters. The van der Waals surface area contributed by atoms with Crippen molar-refractivity contribution in [2.45, 2.75) is 71.8 Å². The lowest BCUT2D eigenvalue weighted by atomic mass is 9.45. The lowest BCUT2D eigenvalue weighted by Crippen LogP contribution is -2.54. The van der Waals surface area contributed by atoms with E-state index in [1.165, 1.54) is 12.0 Å². The van der Waals surface area contributed by atoms with Gasteiger partial charge < -0.3 is 10.1 Å². The minimum Gasteiger partial charge on any atom is -0.446 e. The van der Waals surface area contributed by atoms with E-state index in [-0.39, 0.29) is 23.0 Å². The molecule has 26 heavy (non-hydrogen) atoms. The summed E-state index contributed by atoms with van der Waals surface area (Å²) in [7, 11) is 1.64. The first-order chi connectivity index (χ1) is 12.3. The number of carbonyl (C=O) groups excluding carboxylic acids is 2. The summed E-state index contributed by atoms with van der Waals surface area (Å²) in [6, 6.07) is 0. The second-order valence-electron chi connectivity index (χ2n) is 9.79. The zero-order valence-electron chi connectivity index (χ0n) is 16.6. The Morgan fingerprint density at radius 1 is 1.19 bits per heavy atom. The highest BCUT2D eigenvalue weighted by molar-refractivity contribution is 5.91. The molecule has 0 saturated heterocycles. The molecule has 3 saturated carbocycles. The van der Waals surface area contributed by atoms with Crippen LogP contribution < -0.4 is 5.32 Å². The van der Waals surface area contributed by atoms with Crippen LogP contribution in [0.5, 0.6) is 0 Å². The Kier molecular flexibility index (Phi) is 4.24. The van der Waals surface area contributed by atoms with E-state index in [9.17, 15) is 9.59 Å². The number of amides is 1. The van der Waals surface area contributed by atoms with Crippen LogP contribution in [0.2, 0.25) is 0 Å². The van der Waals surface area contributed by atoms with Crippen LogP contribution in [0.15, 0.2) is 11.6 Å². The largest absolute Gasteiger partial charge is 0.446 e. The normalized spacial score (nSPS) is 47.3. The van der Waals surface area contributed by atoms with Gasteiger partial charge in [0.1, 0.15) is 6.10 Å². The van der Waals surface area contributed by atoms with Crippen molar-refractivity contribution in [2.75, 3.05) is 7.05 Å². The Morgan fingerprint density at radius 3 is 2.69 bits per heavy atom. The molecule has 0 spiro atoms. The Bertz CT molecular complexity index is 656. The molecule has 0 aromatic heterocycles. The summed E-state index contributed by atoms with van der Waals surface area (Å²) >= 11 is 0. The summed E-state index contributed by atoms with van der Waals surface area (Å²) in [5.74, 6) is 2.91. The maximum Gasteiger partial charge on any atom is 0.407 e. The van der Waals surface area contributed by atoms with Gasteiger partial charge in [0, 0.05) is 18.9 Å². The van der Waals surface area contributed by atoms with Gasteiger partial charge in [0.05, 0.1) is 0 Å². The van der Waals surface area contributed by atoms with Crippen LogP contribution in [0, 0.1) is 34.5 Å². The molecule has 3 fully saturated rings. The van der Waals surface area contributed by atoms with Gasteiger partial charge in [-0.25, -0.2) is 4.79 Å². The molecule has 4 aliphatic carbocycles. The summed E-state index contributed by atoms with van der Waals surface area (Å²) in [5.41, 5.74) is 1.72. The zero-order valence-corrected chi connectivity index (χ0v) is 16.6. The third-order valence-corrected chi connectivity index (χ3v) is 8.68. The number of fused-ring (bicyclic) bond motifs is 5. The fraction of sp³-hybridized carbons (Fsp3) is 0.818. The first-order valence-corrected chi connectivity index (χ1v) is 10.4. The highest BCUT2D eigenvalue weighted by atomic mass is 16.6. The molecule has 4 aliphatic rings. The smallest absolute Gasteiger partial charge is 0.407 e. The molecule has 0 radical (unpaired) electrons. The molecule has 0 aromatic rings. The molecule has 4 heteroatoms. The van der Waals surface area contributed by atoms with Gasteiger partial charge in [0.2, 0.25) is 0 Å². The van der Waals surface area contributed by atoms with Gasteiger partial charge in [-0.3, -0.25) is 4.79 Å². The minimum atomic E-state index is -0.293. The molecule has 3 unspecified atom stereocenters. The van der Waals surface area contributed by atoms with E-state index >= 15 is 0 Å². The Morgan fingerprint density at radius 2 is 1.96 bits per heavy atom. The first kappa shape index (κ1) is 18.1. The first-order valence-electron chi connectivity index (χ1n) is 10.4. The number of nitrogens with one attached hydrogen (secondary N) is 1. The van der Waals surface area contributed by atoms with Crippen molar-refractivity contribution < 1.29 is 14.3 Å². The van der Waals surface area contributed by atoms with Crippen LogP contribution in [0.1, 0.15) is 65.7 Å². The Balaban J connectivity index is 1.64. The predicted octanol–water partition coefficient (Wildman–Crippen LogP) is 4.49. The summed E-state index contributed by atoms with van der Waals surface area (Å²) in [5, 5.41) is 2.62. The molecule has 0 bridgehead atoms. The number of alkyl carbamates (subject to hydrolysis) is 1.